The molecule has 2 rings (SSSR count). The van der Waals surface area contributed by atoms with Gasteiger partial charge in [-0.1, -0.05) is 6.07 Å². The summed E-state index contributed by atoms with van der Waals surface area (Å²) in [4.78, 5) is 23.0. The molecule has 21 heavy (non-hydrogen) atoms. The van der Waals surface area contributed by atoms with E-state index < -0.39 is 5.97 Å². The van der Waals surface area contributed by atoms with Crippen LogP contribution in [0, 0.1) is 6.92 Å². The normalized spacial score (nSPS) is 10.0. The van der Waals surface area contributed by atoms with Gasteiger partial charge in [-0.25, -0.2) is 4.79 Å². The standard InChI is InChI=1S/C15H15NO5/c1-10-6-7-20-14(10)15(18)16-11-4-3-5-12(8-11)21-9-13(17)19-2/h3-8H,9H2,1-2H3,(H,16,18). The van der Waals surface area contributed by atoms with Crippen molar-refractivity contribution in [2.45, 2.75) is 6.92 Å². The SMILES string of the molecule is COC(=O)COc1cccc(NC(=O)c2occc2C)c1. The number of furan rings is 1. The van der Waals surface area contributed by atoms with Crippen molar-refractivity contribution in [3.8, 4) is 5.75 Å². The van der Waals surface area contributed by atoms with Crippen molar-refractivity contribution >= 4 is 17.6 Å². The highest BCUT2D eigenvalue weighted by molar-refractivity contribution is 6.03. The summed E-state index contributed by atoms with van der Waals surface area (Å²) in [5.74, 6) is -0.108. The second kappa shape index (κ2) is 6.60. The van der Waals surface area contributed by atoms with Gasteiger partial charge in [0.1, 0.15) is 5.75 Å². The minimum absolute atomic E-state index is 0.189. The van der Waals surface area contributed by atoms with Crippen molar-refractivity contribution < 1.29 is 23.5 Å². The van der Waals surface area contributed by atoms with E-state index in [0.29, 0.717) is 11.4 Å². The van der Waals surface area contributed by atoms with Crippen molar-refractivity contribution in [2.75, 3.05) is 19.0 Å². The molecule has 0 radical (unpaired) electrons. The molecule has 1 aromatic carbocycles. The largest absolute Gasteiger partial charge is 0.482 e. The Kier molecular flexibility index (Phi) is 4.61. The molecule has 0 fully saturated rings. The van der Waals surface area contributed by atoms with Gasteiger partial charge in [0.2, 0.25) is 0 Å². The van der Waals surface area contributed by atoms with E-state index in [1.54, 1.807) is 37.3 Å². The van der Waals surface area contributed by atoms with E-state index in [1.807, 2.05) is 0 Å². The van der Waals surface area contributed by atoms with Crippen molar-refractivity contribution in [1.29, 1.82) is 0 Å². The maximum Gasteiger partial charge on any atom is 0.343 e. The lowest BCUT2D eigenvalue weighted by Gasteiger charge is -2.08. The van der Waals surface area contributed by atoms with Crippen molar-refractivity contribution in [3.05, 3.63) is 47.9 Å². The number of rotatable bonds is 5. The molecule has 0 aliphatic carbocycles. The first-order valence-corrected chi connectivity index (χ1v) is 6.25. The molecule has 0 bridgehead atoms. The zero-order valence-electron chi connectivity index (χ0n) is 11.7. The second-order valence-corrected chi connectivity index (χ2v) is 4.28. The number of esters is 1. The van der Waals surface area contributed by atoms with E-state index in [-0.39, 0.29) is 18.3 Å². The molecule has 1 heterocycles. The third kappa shape index (κ3) is 3.85. The van der Waals surface area contributed by atoms with Crippen LogP contribution in [0.1, 0.15) is 16.1 Å². The van der Waals surface area contributed by atoms with Crippen molar-refractivity contribution in [2.24, 2.45) is 0 Å². The first-order valence-electron chi connectivity index (χ1n) is 6.25. The van der Waals surface area contributed by atoms with Crippen LogP contribution in [0.25, 0.3) is 0 Å². The number of benzene rings is 1. The summed E-state index contributed by atoms with van der Waals surface area (Å²) >= 11 is 0. The number of methoxy groups -OCH3 is 1. The van der Waals surface area contributed by atoms with Crippen LogP contribution in [0.5, 0.6) is 5.75 Å². The monoisotopic (exact) mass is 289 g/mol. The summed E-state index contributed by atoms with van der Waals surface area (Å²) in [5.41, 5.74) is 1.30. The highest BCUT2D eigenvalue weighted by Crippen LogP contribution is 2.19. The molecule has 0 saturated carbocycles. The smallest absolute Gasteiger partial charge is 0.343 e. The minimum atomic E-state index is -0.476. The molecule has 6 nitrogen and oxygen atoms in total. The Morgan fingerprint density at radius 3 is 2.76 bits per heavy atom. The van der Waals surface area contributed by atoms with Gasteiger partial charge < -0.3 is 19.2 Å². The number of amides is 1. The van der Waals surface area contributed by atoms with Gasteiger partial charge in [-0.15, -0.1) is 0 Å². The fourth-order valence-electron chi connectivity index (χ4n) is 1.66. The number of nitrogens with one attached hydrogen (secondary N) is 1. The molecule has 2 aromatic rings. The number of aryl methyl sites for hydroxylation is 1. The third-order valence-electron chi connectivity index (χ3n) is 2.74. The molecule has 1 amide bonds. The quantitative estimate of drug-likeness (QED) is 0.855. The number of anilines is 1. The van der Waals surface area contributed by atoms with Gasteiger partial charge >= 0.3 is 5.97 Å². The molecule has 1 aromatic heterocycles. The summed E-state index contributed by atoms with van der Waals surface area (Å²) in [6.45, 7) is 1.60. The maximum absolute atomic E-state index is 12.0. The Morgan fingerprint density at radius 2 is 2.10 bits per heavy atom. The van der Waals surface area contributed by atoms with E-state index in [0.717, 1.165) is 5.56 Å². The van der Waals surface area contributed by atoms with Gasteiger partial charge in [-0.05, 0) is 25.1 Å². The van der Waals surface area contributed by atoms with Gasteiger partial charge in [-0.2, -0.15) is 0 Å². The number of carbonyl (C=O) groups excluding carboxylic acids is 2. The summed E-state index contributed by atoms with van der Waals surface area (Å²) in [5, 5.41) is 2.70. The van der Waals surface area contributed by atoms with Crippen LogP contribution in [0.15, 0.2) is 41.0 Å². The average molecular weight is 289 g/mol. The van der Waals surface area contributed by atoms with E-state index in [2.05, 4.69) is 10.1 Å². The first kappa shape index (κ1) is 14.6. The predicted molar refractivity (Wildman–Crippen MR) is 75.4 cm³/mol. The fraction of sp³-hybridized carbons (Fsp3) is 0.200. The molecule has 0 unspecified atom stereocenters. The van der Waals surface area contributed by atoms with Crippen LogP contribution < -0.4 is 10.1 Å². The molecule has 1 N–H and O–H groups in total. The number of carbonyl (C=O) groups is 2. The van der Waals surface area contributed by atoms with Crippen LogP contribution in [0.3, 0.4) is 0 Å². The Bertz CT molecular complexity index is 647. The lowest BCUT2D eigenvalue weighted by molar-refractivity contribution is -0.142. The van der Waals surface area contributed by atoms with Crippen LogP contribution in [-0.4, -0.2) is 25.6 Å². The maximum atomic E-state index is 12.0. The fourth-order valence-corrected chi connectivity index (χ4v) is 1.66. The van der Waals surface area contributed by atoms with Crippen LogP contribution >= 0.6 is 0 Å². The lowest BCUT2D eigenvalue weighted by Crippen LogP contribution is -2.14. The van der Waals surface area contributed by atoms with Crippen molar-refractivity contribution in [1.82, 2.24) is 0 Å². The lowest BCUT2D eigenvalue weighted by atomic mass is 10.2. The van der Waals surface area contributed by atoms with Crippen LogP contribution in [-0.2, 0) is 9.53 Å². The van der Waals surface area contributed by atoms with Crippen LogP contribution in [0.2, 0.25) is 0 Å². The Hall–Kier alpha value is -2.76. The molecule has 0 atom stereocenters. The number of hydrogen-bond donors (Lipinski definition) is 1. The van der Waals surface area contributed by atoms with E-state index in [9.17, 15) is 9.59 Å². The summed E-state index contributed by atoms with van der Waals surface area (Å²) in [6.07, 6.45) is 1.46. The third-order valence-corrected chi connectivity index (χ3v) is 2.74. The van der Waals surface area contributed by atoms with E-state index >= 15 is 0 Å². The predicted octanol–water partition coefficient (Wildman–Crippen LogP) is 2.39. The molecule has 0 aliphatic heterocycles. The van der Waals surface area contributed by atoms with Gasteiger partial charge in [0.15, 0.2) is 12.4 Å². The van der Waals surface area contributed by atoms with Crippen molar-refractivity contribution in [3.63, 3.8) is 0 Å². The van der Waals surface area contributed by atoms with Gasteiger partial charge in [-0.3, -0.25) is 4.79 Å². The number of hydrogen-bond acceptors (Lipinski definition) is 5. The number of ether oxygens (including phenoxy) is 2. The summed E-state index contributed by atoms with van der Waals surface area (Å²) in [7, 11) is 1.29. The zero-order valence-corrected chi connectivity index (χ0v) is 11.7. The molecule has 0 saturated heterocycles. The van der Waals surface area contributed by atoms with E-state index in [4.69, 9.17) is 9.15 Å². The Morgan fingerprint density at radius 1 is 1.29 bits per heavy atom. The topological polar surface area (TPSA) is 77.8 Å². The minimum Gasteiger partial charge on any atom is -0.482 e. The van der Waals surface area contributed by atoms with Gasteiger partial charge in [0, 0.05) is 17.3 Å². The van der Waals surface area contributed by atoms with Crippen LogP contribution in [0.4, 0.5) is 5.69 Å². The Balaban J connectivity index is 2.02. The summed E-state index contributed by atoms with van der Waals surface area (Å²) < 4.78 is 14.8. The van der Waals surface area contributed by atoms with Gasteiger partial charge in [0.05, 0.1) is 13.4 Å². The molecule has 6 heteroatoms. The first-order chi connectivity index (χ1) is 10.1. The average Bonchev–Trinajstić information content (AvgIpc) is 2.91. The highest BCUT2D eigenvalue weighted by Gasteiger charge is 2.13. The second-order valence-electron chi connectivity index (χ2n) is 4.28. The zero-order chi connectivity index (χ0) is 15.2. The molecule has 0 aliphatic rings. The van der Waals surface area contributed by atoms with Gasteiger partial charge in [0.25, 0.3) is 5.91 Å². The molecular weight excluding hydrogens is 274 g/mol. The molecule has 0 spiro atoms. The Labute approximate surface area is 121 Å². The molecular formula is C15H15NO5. The molecule has 110 valence electrons. The van der Waals surface area contributed by atoms with E-state index in [1.165, 1.54) is 13.4 Å². The highest BCUT2D eigenvalue weighted by atomic mass is 16.6. The summed E-state index contributed by atoms with van der Waals surface area (Å²) in [6, 6.07) is 8.42.